The first-order valence-corrected chi connectivity index (χ1v) is 9.00. The molecule has 136 valence electrons. The van der Waals surface area contributed by atoms with Gasteiger partial charge in [-0.3, -0.25) is 14.5 Å². The zero-order valence-electron chi connectivity index (χ0n) is 15.2. The summed E-state index contributed by atoms with van der Waals surface area (Å²) in [4.78, 5) is 30.3. The number of benzene rings is 2. The number of carbonyl (C=O) groups excluding carboxylic acids is 2. The predicted octanol–water partition coefficient (Wildman–Crippen LogP) is 1.77. The summed E-state index contributed by atoms with van der Waals surface area (Å²) in [5, 5.41) is 10.2. The lowest BCUT2D eigenvalue weighted by atomic mass is 9.81. The standard InChI is InChI=1S/C22H20N2O3/c1-23-11-13-24(14-12-23)10-4-5-15-8-9-18(25)20-19(15)21(26)16-6-2-3-7-17(16)22(20)27/h2-3,6-9,25H,10-14H2,1H3. The highest BCUT2D eigenvalue weighted by atomic mass is 16.3. The third-order valence-corrected chi connectivity index (χ3v) is 5.18. The van der Waals surface area contributed by atoms with Crippen molar-refractivity contribution in [3.63, 3.8) is 0 Å². The van der Waals surface area contributed by atoms with Gasteiger partial charge in [0.25, 0.3) is 0 Å². The van der Waals surface area contributed by atoms with E-state index in [4.69, 9.17) is 0 Å². The van der Waals surface area contributed by atoms with Gasteiger partial charge in [-0.1, -0.05) is 36.1 Å². The van der Waals surface area contributed by atoms with Crippen LogP contribution in [0.1, 0.15) is 37.4 Å². The Morgan fingerprint density at radius 1 is 0.926 bits per heavy atom. The molecule has 1 heterocycles. The minimum absolute atomic E-state index is 0.0603. The molecule has 0 amide bonds. The lowest BCUT2D eigenvalue weighted by Crippen LogP contribution is -2.44. The maximum atomic E-state index is 13.0. The van der Waals surface area contributed by atoms with Crippen molar-refractivity contribution in [1.29, 1.82) is 0 Å². The lowest BCUT2D eigenvalue weighted by Gasteiger charge is -2.30. The second-order valence-electron chi connectivity index (χ2n) is 6.97. The zero-order chi connectivity index (χ0) is 19.0. The summed E-state index contributed by atoms with van der Waals surface area (Å²) in [6.07, 6.45) is 0. The molecule has 5 nitrogen and oxygen atoms in total. The molecule has 4 rings (SSSR count). The van der Waals surface area contributed by atoms with E-state index in [-0.39, 0.29) is 28.4 Å². The average Bonchev–Trinajstić information content (AvgIpc) is 2.68. The van der Waals surface area contributed by atoms with Gasteiger partial charge in [0, 0.05) is 42.9 Å². The first kappa shape index (κ1) is 17.5. The Hall–Kier alpha value is -2.94. The van der Waals surface area contributed by atoms with Crippen LogP contribution in [0.4, 0.5) is 0 Å². The van der Waals surface area contributed by atoms with Crippen LogP contribution in [0.3, 0.4) is 0 Å². The molecular formula is C22H20N2O3. The minimum Gasteiger partial charge on any atom is -0.507 e. The van der Waals surface area contributed by atoms with E-state index in [1.807, 2.05) is 0 Å². The molecule has 1 aliphatic carbocycles. The molecule has 0 atom stereocenters. The van der Waals surface area contributed by atoms with Crippen LogP contribution in [0.2, 0.25) is 0 Å². The van der Waals surface area contributed by atoms with Gasteiger partial charge in [0.05, 0.1) is 17.7 Å². The summed E-state index contributed by atoms with van der Waals surface area (Å²) in [5.41, 5.74) is 1.45. The van der Waals surface area contributed by atoms with Gasteiger partial charge in [0.15, 0.2) is 11.6 Å². The van der Waals surface area contributed by atoms with Crippen molar-refractivity contribution in [3.8, 4) is 17.6 Å². The van der Waals surface area contributed by atoms with E-state index in [0.717, 1.165) is 26.2 Å². The quantitative estimate of drug-likeness (QED) is 0.670. The van der Waals surface area contributed by atoms with E-state index in [9.17, 15) is 14.7 Å². The number of carbonyl (C=O) groups is 2. The Bertz CT molecular complexity index is 992. The molecule has 1 aliphatic heterocycles. The number of rotatable bonds is 1. The number of likely N-dealkylation sites (N-methyl/N-ethyl adjacent to an activating group) is 1. The normalized spacial score (nSPS) is 17.1. The van der Waals surface area contributed by atoms with Crippen LogP contribution in [0.25, 0.3) is 0 Å². The first-order chi connectivity index (χ1) is 13.1. The van der Waals surface area contributed by atoms with Gasteiger partial charge in [0.2, 0.25) is 0 Å². The fourth-order valence-corrected chi connectivity index (χ4v) is 3.56. The van der Waals surface area contributed by atoms with Gasteiger partial charge in [-0.25, -0.2) is 0 Å². The van der Waals surface area contributed by atoms with Crippen LogP contribution in [0.5, 0.6) is 5.75 Å². The number of phenols is 1. The molecule has 2 aromatic rings. The highest BCUT2D eigenvalue weighted by Crippen LogP contribution is 2.34. The molecule has 0 spiro atoms. The SMILES string of the molecule is CN1CCN(CC#Cc2ccc(O)c3c2C(=O)c2ccccc2C3=O)CC1. The Morgan fingerprint density at radius 3 is 2.22 bits per heavy atom. The molecular weight excluding hydrogens is 340 g/mol. The number of hydrogen-bond acceptors (Lipinski definition) is 5. The van der Waals surface area contributed by atoms with Crippen molar-refractivity contribution in [2.24, 2.45) is 0 Å². The molecule has 1 N–H and O–H groups in total. The van der Waals surface area contributed by atoms with E-state index < -0.39 is 0 Å². The van der Waals surface area contributed by atoms with Gasteiger partial charge in [-0.15, -0.1) is 0 Å². The van der Waals surface area contributed by atoms with E-state index in [2.05, 4.69) is 28.7 Å². The van der Waals surface area contributed by atoms with Gasteiger partial charge in [0.1, 0.15) is 5.75 Å². The van der Waals surface area contributed by atoms with Crippen molar-refractivity contribution in [3.05, 3.63) is 64.2 Å². The van der Waals surface area contributed by atoms with Crippen LogP contribution in [-0.4, -0.2) is 66.2 Å². The lowest BCUT2D eigenvalue weighted by molar-refractivity contribution is 0.0976. The third-order valence-electron chi connectivity index (χ3n) is 5.18. The minimum atomic E-state index is -0.333. The van der Waals surface area contributed by atoms with Crippen molar-refractivity contribution >= 4 is 11.6 Å². The summed E-state index contributed by atoms with van der Waals surface area (Å²) in [5.74, 6) is 5.40. The predicted molar refractivity (Wildman–Crippen MR) is 102 cm³/mol. The van der Waals surface area contributed by atoms with E-state index in [0.29, 0.717) is 23.2 Å². The molecule has 0 unspecified atom stereocenters. The molecule has 2 aliphatic rings. The molecule has 0 saturated carbocycles. The average molecular weight is 360 g/mol. The third kappa shape index (κ3) is 3.14. The van der Waals surface area contributed by atoms with Gasteiger partial charge in [-0.2, -0.15) is 0 Å². The topological polar surface area (TPSA) is 60.9 Å². The van der Waals surface area contributed by atoms with Crippen LogP contribution in [-0.2, 0) is 0 Å². The zero-order valence-corrected chi connectivity index (χ0v) is 15.2. The fourth-order valence-electron chi connectivity index (χ4n) is 3.56. The summed E-state index contributed by atoms with van der Waals surface area (Å²) >= 11 is 0. The highest BCUT2D eigenvalue weighted by Gasteiger charge is 2.33. The van der Waals surface area contributed by atoms with Crippen molar-refractivity contribution in [2.45, 2.75) is 0 Å². The number of ketones is 2. The van der Waals surface area contributed by atoms with Gasteiger partial charge in [-0.05, 0) is 19.2 Å². The Labute approximate surface area is 158 Å². The maximum absolute atomic E-state index is 13.0. The van der Waals surface area contributed by atoms with Crippen molar-refractivity contribution < 1.29 is 14.7 Å². The number of aromatic hydroxyl groups is 1. The second-order valence-corrected chi connectivity index (χ2v) is 6.97. The Balaban J connectivity index is 1.68. The maximum Gasteiger partial charge on any atom is 0.198 e. The van der Waals surface area contributed by atoms with Crippen LogP contribution >= 0.6 is 0 Å². The van der Waals surface area contributed by atoms with Crippen molar-refractivity contribution in [1.82, 2.24) is 9.80 Å². The van der Waals surface area contributed by atoms with E-state index >= 15 is 0 Å². The first-order valence-electron chi connectivity index (χ1n) is 9.00. The van der Waals surface area contributed by atoms with Crippen molar-refractivity contribution in [2.75, 3.05) is 39.8 Å². The number of phenolic OH excluding ortho intramolecular Hbond substituents is 1. The summed E-state index contributed by atoms with van der Waals surface area (Å²) in [6.45, 7) is 4.57. The number of piperazine rings is 1. The van der Waals surface area contributed by atoms with E-state index in [1.54, 1.807) is 30.3 Å². The van der Waals surface area contributed by atoms with Crippen LogP contribution in [0.15, 0.2) is 36.4 Å². The number of fused-ring (bicyclic) bond motifs is 2. The molecule has 0 radical (unpaired) electrons. The molecule has 1 saturated heterocycles. The number of nitrogens with zero attached hydrogens (tertiary/aromatic N) is 2. The molecule has 1 fully saturated rings. The van der Waals surface area contributed by atoms with Crippen LogP contribution < -0.4 is 0 Å². The monoisotopic (exact) mass is 360 g/mol. The molecule has 2 aromatic carbocycles. The molecule has 0 bridgehead atoms. The summed E-state index contributed by atoms with van der Waals surface area (Å²) < 4.78 is 0. The largest absolute Gasteiger partial charge is 0.507 e. The number of hydrogen-bond donors (Lipinski definition) is 1. The summed E-state index contributed by atoms with van der Waals surface area (Å²) in [7, 11) is 2.10. The fraction of sp³-hybridized carbons (Fsp3) is 0.273. The van der Waals surface area contributed by atoms with Crippen LogP contribution in [0, 0.1) is 11.8 Å². The Morgan fingerprint density at radius 2 is 1.56 bits per heavy atom. The molecule has 27 heavy (non-hydrogen) atoms. The van der Waals surface area contributed by atoms with Gasteiger partial charge >= 0.3 is 0 Å². The van der Waals surface area contributed by atoms with E-state index in [1.165, 1.54) is 6.07 Å². The van der Waals surface area contributed by atoms with Gasteiger partial charge < -0.3 is 10.0 Å². The highest BCUT2D eigenvalue weighted by molar-refractivity contribution is 6.30. The summed E-state index contributed by atoms with van der Waals surface area (Å²) in [6, 6.07) is 9.76. The molecule has 0 aromatic heterocycles. The molecule has 5 heteroatoms. The second kappa shape index (κ2) is 6.99. The Kier molecular flexibility index (Phi) is 4.53. The smallest absolute Gasteiger partial charge is 0.198 e.